The fourth-order valence-corrected chi connectivity index (χ4v) is 3.82. The summed E-state index contributed by atoms with van der Waals surface area (Å²) in [5.74, 6) is 0.275. The topological polar surface area (TPSA) is 134 Å². The van der Waals surface area contributed by atoms with Gasteiger partial charge in [0.05, 0.1) is 17.2 Å². The Morgan fingerprint density at radius 3 is 2.39 bits per heavy atom. The second-order valence-corrected chi connectivity index (χ2v) is 7.43. The van der Waals surface area contributed by atoms with Crippen LogP contribution in [-0.4, -0.2) is 45.3 Å². The summed E-state index contributed by atoms with van der Waals surface area (Å²) in [4.78, 5) is 42.0. The normalized spacial score (nSPS) is 14.1. The van der Waals surface area contributed by atoms with E-state index in [-0.39, 0.29) is 40.6 Å². The lowest BCUT2D eigenvalue weighted by Crippen LogP contribution is -2.41. The first kappa shape index (κ1) is 20.5. The van der Waals surface area contributed by atoms with Gasteiger partial charge in [0.25, 0.3) is 22.9 Å². The van der Waals surface area contributed by atoms with Gasteiger partial charge in [-0.15, -0.1) is 0 Å². The van der Waals surface area contributed by atoms with Crippen molar-refractivity contribution in [1.29, 1.82) is 0 Å². The minimum atomic E-state index is -0.503. The van der Waals surface area contributed by atoms with Gasteiger partial charge in [0.2, 0.25) is 0 Å². The number of rotatable bonds is 4. The van der Waals surface area contributed by atoms with Crippen LogP contribution in [0, 0.1) is 17.0 Å². The third-order valence-corrected chi connectivity index (χ3v) is 5.43. The highest BCUT2D eigenvalue weighted by Crippen LogP contribution is 2.27. The average molecular weight is 447 g/mol. The van der Waals surface area contributed by atoms with Crippen molar-refractivity contribution < 1.29 is 19.0 Å². The van der Waals surface area contributed by atoms with Crippen molar-refractivity contribution in [2.24, 2.45) is 0 Å². The van der Waals surface area contributed by atoms with E-state index in [4.69, 9.17) is 9.26 Å². The molecule has 0 bridgehead atoms. The molecule has 0 aliphatic carbocycles. The maximum atomic E-state index is 13.5. The lowest BCUT2D eigenvalue weighted by molar-refractivity contribution is -0.384. The maximum Gasteiger partial charge on any atom is 0.271 e. The minimum Gasteiger partial charge on any atom is -0.370 e. The number of hydrogen-bond donors (Lipinski definition) is 0. The van der Waals surface area contributed by atoms with Crippen LogP contribution in [0.3, 0.4) is 0 Å². The van der Waals surface area contributed by atoms with Crippen LogP contribution in [0.1, 0.15) is 5.82 Å². The number of nitrogens with zero attached hydrogens (tertiary/aromatic N) is 5. The van der Waals surface area contributed by atoms with Crippen LogP contribution >= 0.6 is 0 Å². The molecule has 2 aromatic heterocycles. The second kappa shape index (κ2) is 7.95. The summed E-state index contributed by atoms with van der Waals surface area (Å²) in [5.41, 5.74) is 1.64. The van der Waals surface area contributed by atoms with Crippen LogP contribution < -0.4 is 10.5 Å². The van der Waals surface area contributed by atoms with Gasteiger partial charge in [0.1, 0.15) is 23.5 Å². The van der Waals surface area contributed by atoms with Crippen LogP contribution in [0.5, 0.6) is 0 Å². The minimum absolute atomic E-state index is 0.0415. The lowest BCUT2D eigenvalue weighted by atomic mass is 10.1. The van der Waals surface area contributed by atoms with E-state index in [2.05, 4.69) is 10.1 Å². The average Bonchev–Trinajstić information content (AvgIpc) is 3.24. The number of aryl methyl sites for hydroxylation is 1. The Morgan fingerprint density at radius 2 is 1.73 bits per heavy atom. The van der Waals surface area contributed by atoms with E-state index in [1.807, 2.05) is 0 Å². The number of aromatic nitrogens is 3. The monoisotopic (exact) mass is 447 g/mol. The molecule has 0 saturated carbocycles. The smallest absolute Gasteiger partial charge is 0.271 e. The van der Waals surface area contributed by atoms with Crippen molar-refractivity contribution in [2.45, 2.75) is 6.92 Å². The molecule has 1 aliphatic heterocycles. The van der Waals surface area contributed by atoms with Gasteiger partial charge < -0.3 is 14.2 Å². The first-order valence-electron chi connectivity index (χ1n) is 10.1. The molecule has 11 nitrogen and oxygen atoms in total. The zero-order chi connectivity index (χ0) is 23.1. The Morgan fingerprint density at radius 1 is 1.03 bits per heavy atom. The number of benzene rings is 2. The summed E-state index contributed by atoms with van der Waals surface area (Å²) in [5, 5.41) is 15.1. The molecule has 5 rings (SSSR count). The third kappa shape index (κ3) is 3.53. The molecule has 166 valence electrons. The van der Waals surface area contributed by atoms with Crippen molar-refractivity contribution >= 4 is 28.4 Å². The van der Waals surface area contributed by atoms with Gasteiger partial charge in [-0.3, -0.25) is 24.3 Å². The van der Waals surface area contributed by atoms with Crippen molar-refractivity contribution in [1.82, 2.24) is 14.7 Å². The highest BCUT2D eigenvalue weighted by molar-refractivity contribution is 5.95. The van der Waals surface area contributed by atoms with Crippen LogP contribution in [-0.2, 0) is 9.53 Å². The number of carbonyl (C=O) groups is 1. The fraction of sp³-hybridized carbons (Fsp3) is 0.182. The number of nitro benzene ring substituents is 1. The molecule has 0 spiro atoms. The highest BCUT2D eigenvalue weighted by Gasteiger charge is 2.22. The van der Waals surface area contributed by atoms with E-state index in [1.165, 1.54) is 28.8 Å². The van der Waals surface area contributed by atoms with E-state index >= 15 is 0 Å². The standard InChI is InChI=1S/C22H17N5O6/c1-13-23-21-19(20(24-33-21)14-2-4-17(5-3-14)27(30)31)22(29)26(13)16-8-6-15(7-9-16)25-10-11-32-12-18(25)28/h2-9H,10-12H2,1H3. The summed E-state index contributed by atoms with van der Waals surface area (Å²) in [6.45, 7) is 2.64. The van der Waals surface area contributed by atoms with Crippen LogP contribution in [0.25, 0.3) is 28.0 Å². The molecular weight excluding hydrogens is 430 g/mol. The van der Waals surface area contributed by atoms with Gasteiger partial charge in [-0.05, 0) is 43.3 Å². The van der Waals surface area contributed by atoms with Gasteiger partial charge in [-0.1, -0.05) is 5.16 Å². The summed E-state index contributed by atoms with van der Waals surface area (Å²) < 4.78 is 11.9. The van der Waals surface area contributed by atoms with Crippen molar-refractivity contribution in [3.05, 3.63) is 74.8 Å². The molecule has 1 fully saturated rings. The number of amides is 1. The molecule has 1 aliphatic rings. The molecule has 3 heterocycles. The van der Waals surface area contributed by atoms with Crippen molar-refractivity contribution in [2.75, 3.05) is 24.7 Å². The Bertz CT molecular complexity index is 1440. The number of anilines is 1. The number of ether oxygens (including phenoxy) is 1. The molecule has 11 heteroatoms. The Balaban J connectivity index is 1.58. The van der Waals surface area contributed by atoms with Crippen molar-refractivity contribution in [3.63, 3.8) is 0 Å². The third-order valence-electron chi connectivity index (χ3n) is 5.43. The number of hydrogen-bond acceptors (Lipinski definition) is 8. The molecule has 2 aromatic carbocycles. The summed E-state index contributed by atoms with van der Waals surface area (Å²) in [6.07, 6.45) is 0. The Labute approximate surface area is 186 Å². The number of nitro groups is 1. The molecule has 1 amide bonds. The highest BCUT2D eigenvalue weighted by atomic mass is 16.6. The first-order valence-corrected chi connectivity index (χ1v) is 10.1. The number of morpholine rings is 1. The molecule has 33 heavy (non-hydrogen) atoms. The van der Waals surface area contributed by atoms with Crippen LogP contribution in [0.15, 0.2) is 57.8 Å². The zero-order valence-corrected chi connectivity index (χ0v) is 17.4. The number of fused-ring (bicyclic) bond motifs is 1. The molecule has 0 atom stereocenters. The van der Waals surface area contributed by atoms with Gasteiger partial charge >= 0.3 is 0 Å². The molecule has 0 N–H and O–H groups in total. The molecule has 0 unspecified atom stereocenters. The Kier molecular flexibility index (Phi) is 4.94. The molecule has 4 aromatic rings. The van der Waals surface area contributed by atoms with E-state index in [9.17, 15) is 19.7 Å². The van der Waals surface area contributed by atoms with Crippen molar-refractivity contribution in [3.8, 4) is 16.9 Å². The first-order chi connectivity index (χ1) is 15.9. The SMILES string of the molecule is Cc1nc2onc(-c3ccc([N+](=O)[O-])cc3)c2c(=O)n1-c1ccc(N2CCOCC2=O)cc1. The van der Waals surface area contributed by atoms with Crippen LogP contribution in [0.2, 0.25) is 0 Å². The fourth-order valence-electron chi connectivity index (χ4n) is 3.82. The summed E-state index contributed by atoms with van der Waals surface area (Å²) in [6, 6.07) is 12.7. The molecule has 1 saturated heterocycles. The van der Waals surface area contributed by atoms with Gasteiger partial charge in [-0.25, -0.2) is 0 Å². The predicted molar refractivity (Wildman–Crippen MR) is 117 cm³/mol. The maximum absolute atomic E-state index is 13.5. The number of carbonyl (C=O) groups excluding carboxylic acids is 1. The van der Waals surface area contributed by atoms with Gasteiger partial charge in [0.15, 0.2) is 0 Å². The van der Waals surface area contributed by atoms with Gasteiger partial charge in [0, 0.05) is 29.9 Å². The zero-order valence-electron chi connectivity index (χ0n) is 17.4. The summed E-state index contributed by atoms with van der Waals surface area (Å²) in [7, 11) is 0. The molecule has 0 radical (unpaired) electrons. The quantitative estimate of drug-likeness (QED) is 0.344. The number of non-ortho nitro benzene ring substituents is 1. The van der Waals surface area contributed by atoms with E-state index in [0.717, 1.165) is 0 Å². The lowest BCUT2D eigenvalue weighted by Gasteiger charge is -2.27. The van der Waals surface area contributed by atoms with Crippen LogP contribution in [0.4, 0.5) is 11.4 Å². The predicted octanol–water partition coefficient (Wildman–Crippen LogP) is 2.62. The summed E-state index contributed by atoms with van der Waals surface area (Å²) >= 11 is 0. The Hall–Kier alpha value is -4.38. The molecular formula is C22H17N5O6. The largest absolute Gasteiger partial charge is 0.370 e. The van der Waals surface area contributed by atoms with E-state index < -0.39 is 4.92 Å². The van der Waals surface area contributed by atoms with E-state index in [1.54, 1.807) is 36.1 Å². The van der Waals surface area contributed by atoms with E-state index in [0.29, 0.717) is 35.9 Å². The second-order valence-electron chi connectivity index (χ2n) is 7.43. The van der Waals surface area contributed by atoms with Gasteiger partial charge in [-0.2, -0.15) is 4.98 Å².